The molecule has 1 aromatic carbocycles. The Labute approximate surface area is 191 Å². The lowest BCUT2D eigenvalue weighted by molar-refractivity contribution is 0.285. The Bertz CT molecular complexity index is 806. The van der Waals surface area contributed by atoms with Gasteiger partial charge >= 0.3 is 0 Å². The minimum Gasteiger partial charge on any atom is -0.490 e. The highest BCUT2D eigenvalue weighted by molar-refractivity contribution is 14.0. The summed E-state index contributed by atoms with van der Waals surface area (Å²) in [4.78, 5) is 4.11. The van der Waals surface area contributed by atoms with Crippen molar-refractivity contribution >= 4 is 39.8 Å². The van der Waals surface area contributed by atoms with Gasteiger partial charge < -0.3 is 15.4 Å². The van der Waals surface area contributed by atoms with E-state index in [2.05, 4.69) is 15.6 Å². The minimum absolute atomic E-state index is 0. The van der Waals surface area contributed by atoms with E-state index in [1.54, 1.807) is 33.9 Å². The van der Waals surface area contributed by atoms with Crippen LogP contribution < -0.4 is 15.4 Å². The molecule has 1 fully saturated rings. The molecule has 0 aliphatic heterocycles. The number of aliphatic imine (C=N–C) groups is 1. The summed E-state index contributed by atoms with van der Waals surface area (Å²) in [5.41, 5.74) is 0.751. The van der Waals surface area contributed by atoms with Gasteiger partial charge in [0.2, 0.25) is 0 Å². The number of hydrogen-bond donors (Lipinski definition) is 2. The number of nitrogens with one attached hydrogen (secondary N) is 2. The molecule has 29 heavy (non-hydrogen) atoms. The minimum atomic E-state index is -3.21. The zero-order chi connectivity index (χ0) is 20.9. The van der Waals surface area contributed by atoms with Gasteiger partial charge in [-0.05, 0) is 64.2 Å². The van der Waals surface area contributed by atoms with Crippen LogP contribution in [0.3, 0.4) is 0 Å². The third-order valence-corrected chi connectivity index (χ3v) is 7.41. The summed E-state index contributed by atoms with van der Waals surface area (Å²) in [5, 5.41) is 6.16. The molecular formula is C20H33FIN3O3S. The van der Waals surface area contributed by atoms with Crippen molar-refractivity contribution in [3.63, 3.8) is 0 Å². The lowest BCUT2D eigenvalue weighted by Crippen LogP contribution is -2.42. The molecule has 0 spiro atoms. The topological polar surface area (TPSA) is 79.8 Å². The molecule has 0 heterocycles. The zero-order valence-electron chi connectivity index (χ0n) is 17.8. The van der Waals surface area contributed by atoms with Crippen molar-refractivity contribution in [3.8, 4) is 5.75 Å². The van der Waals surface area contributed by atoms with Gasteiger partial charge in [-0.1, -0.05) is 6.07 Å². The summed E-state index contributed by atoms with van der Waals surface area (Å²) in [5.74, 6) is 0.929. The predicted molar refractivity (Wildman–Crippen MR) is 126 cm³/mol. The molecule has 0 radical (unpaired) electrons. The van der Waals surface area contributed by atoms with E-state index in [1.165, 1.54) is 6.07 Å². The number of rotatable bonds is 8. The third-order valence-electron chi connectivity index (χ3n) is 4.80. The van der Waals surface area contributed by atoms with Crippen LogP contribution in [-0.4, -0.2) is 45.1 Å². The van der Waals surface area contributed by atoms with E-state index in [0.717, 1.165) is 18.4 Å². The number of guanidine groups is 1. The number of ether oxygens (including phenoxy) is 1. The van der Waals surface area contributed by atoms with Crippen molar-refractivity contribution in [2.45, 2.75) is 51.3 Å². The van der Waals surface area contributed by atoms with Gasteiger partial charge in [-0.25, -0.2) is 12.8 Å². The lowest BCUT2D eigenvalue weighted by Gasteiger charge is -2.21. The van der Waals surface area contributed by atoms with Crippen LogP contribution in [0.2, 0.25) is 0 Å². The molecule has 6 nitrogen and oxygen atoms in total. The highest BCUT2D eigenvalue weighted by Gasteiger charge is 2.28. The molecule has 9 heteroatoms. The van der Waals surface area contributed by atoms with E-state index < -0.39 is 14.6 Å². The summed E-state index contributed by atoms with van der Waals surface area (Å²) in [6, 6.07) is 4.71. The normalized spacial score (nSPS) is 16.0. The number of nitrogens with zero attached hydrogens (tertiary/aromatic N) is 1. The summed E-state index contributed by atoms with van der Waals surface area (Å²) in [6.07, 6.45) is 2.31. The monoisotopic (exact) mass is 541 g/mol. The Morgan fingerprint density at radius 3 is 2.52 bits per heavy atom. The van der Waals surface area contributed by atoms with Gasteiger partial charge in [0, 0.05) is 13.6 Å². The maximum Gasteiger partial charge on any atom is 0.191 e. The van der Waals surface area contributed by atoms with Gasteiger partial charge in [0.25, 0.3) is 0 Å². The maximum atomic E-state index is 14.3. The van der Waals surface area contributed by atoms with Crippen LogP contribution in [0.5, 0.6) is 5.75 Å². The van der Waals surface area contributed by atoms with E-state index in [9.17, 15) is 12.8 Å². The Kier molecular flexibility index (Phi) is 9.65. The van der Waals surface area contributed by atoms with Crippen molar-refractivity contribution in [1.29, 1.82) is 0 Å². The van der Waals surface area contributed by atoms with Crippen molar-refractivity contribution in [2.24, 2.45) is 10.9 Å². The van der Waals surface area contributed by atoms with E-state index >= 15 is 0 Å². The first-order chi connectivity index (χ1) is 13.0. The standard InChI is InChI=1S/C20H32FN3O3S.HI/c1-14(16-8-9-18(17(21)12-16)27-13-15-6-7-15)24-19(22-5)23-10-11-28(25,26)20(2,3)4;/h8-9,12,14-15H,6-7,10-11,13H2,1-5H3,(H2,22,23,24);1H. The molecule has 1 aliphatic rings. The van der Waals surface area contributed by atoms with Gasteiger partial charge in [0.15, 0.2) is 27.4 Å². The predicted octanol–water partition coefficient (Wildman–Crippen LogP) is 3.67. The second-order valence-electron chi connectivity index (χ2n) is 8.24. The summed E-state index contributed by atoms with van der Waals surface area (Å²) in [6.45, 7) is 7.75. The molecule has 2 rings (SSSR count). The van der Waals surface area contributed by atoms with Crippen molar-refractivity contribution in [2.75, 3.05) is 26.0 Å². The Balaban J connectivity index is 0.00000420. The summed E-state index contributed by atoms with van der Waals surface area (Å²) >= 11 is 0. The van der Waals surface area contributed by atoms with Crippen LogP contribution in [-0.2, 0) is 9.84 Å². The van der Waals surface area contributed by atoms with Gasteiger partial charge in [-0.3, -0.25) is 4.99 Å². The number of hydrogen-bond acceptors (Lipinski definition) is 4. The number of benzene rings is 1. The second kappa shape index (κ2) is 10.8. The van der Waals surface area contributed by atoms with Gasteiger partial charge in [-0.2, -0.15) is 0 Å². The maximum absolute atomic E-state index is 14.3. The highest BCUT2D eigenvalue weighted by atomic mass is 127. The quantitative estimate of drug-likeness (QED) is 0.298. The molecule has 166 valence electrons. The molecule has 1 aliphatic carbocycles. The molecule has 0 aromatic heterocycles. The van der Waals surface area contributed by atoms with Crippen LogP contribution >= 0.6 is 24.0 Å². The van der Waals surface area contributed by atoms with E-state index in [1.807, 2.05) is 13.0 Å². The fraction of sp³-hybridized carbons (Fsp3) is 0.650. The van der Waals surface area contributed by atoms with E-state index in [0.29, 0.717) is 18.5 Å². The molecule has 1 saturated carbocycles. The molecule has 0 amide bonds. The number of sulfone groups is 1. The van der Waals surface area contributed by atoms with E-state index in [4.69, 9.17) is 4.74 Å². The van der Waals surface area contributed by atoms with Crippen molar-refractivity contribution in [3.05, 3.63) is 29.6 Å². The SMILES string of the molecule is CN=C(NCCS(=O)(=O)C(C)(C)C)NC(C)c1ccc(OCC2CC2)c(F)c1.I. The molecular weight excluding hydrogens is 508 g/mol. The molecule has 2 N–H and O–H groups in total. The number of halogens is 2. The third kappa shape index (κ3) is 7.92. The average molecular weight is 541 g/mol. The highest BCUT2D eigenvalue weighted by Crippen LogP contribution is 2.30. The van der Waals surface area contributed by atoms with Gasteiger partial charge in [-0.15, -0.1) is 24.0 Å². The molecule has 0 bridgehead atoms. The molecule has 1 aromatic rings. The zero-order valence-corrected chi connectivity index (χ0v) is 20.9. The van der Waals surface area contributed by atoms with Crippen LogP contribution in [0.4, 0.5) is 4.39 Å². The Morgan fingerprint density at radius 2 is 2.00 bits per heavy atom. The van der Waals surface area contributed by atoms with Crippen LogP contribution in [0, 0.1) is 11.7 Å². The van der Waals surface area contributed by atoms with Crippen LogP contribution in [0.15, 0.2) is 23.2 Å². The molecule has 1 atom stereocenters. The second-order valence-corrected chi connectivity index (χ2v) is 11.1. The average Bonchev–Trinajstić information content (AvgIpc) is 3.42. The smallest absolute Gasteiger partial charge is 0.191 e. The first kappa shape index (κ1) is 25.9. The Hall–Kier alpha value is -1.10. The molecule has 0 saturated heterocycles. The summed E-state index contributed by atoms with van der Waals surface area (Å²) < 4.78 is 43.4. The first-order valence-corrected chi connectivity index (χ1v) is 11.3. The fourth-order valence-electron chi connectivity index (χ4n) is 2.49. The van der Waals surface area contributed by atoms with Gasteiger partial charge in [0.05, 0.1) is 23.1 Å². The van der Waals surface area contributed by atoms with Crippen molar-refractivity contribution < 1.29 is 17.5 Å². The lowest BCUT2D eigenvalue weighted by atomic mass is 10.1. The van der Waals surface area contributed by atoms with Crippen molar-refractivity contribution in [1.82, 2.24) is 10.6 Å². The van der Waals surface area contributed by atoms with Crippen LogP contribution in [0.25, 0.3) is 0 Å². The molecule has 1 unspecified atom stereocenters. The largest absolute Gasteiger partial charge is 0.490 e. The van der Waals surface area contributed by atoms with Crippen LogP contribution in [0.1, 0.15) is 52.1 Å². The fourth-order valence-corrected chi connectivity index (χ4v) is 3.47. The first-order valence-electron chi connectivity index (χ1n) is 9.65. The Morgan fingerprint density at radius 1 is 1.34 bits per heavy atom. The summed E-state index contributed by atoms with van der Waals surface area (Å²) in [7, 11) is -1.60. The van der Waals surface area contributed by atoms with E-state index in [-0.39, 0.29) is 53.9 Å². The van der Waals surface area contributed by atoms with Gasteiger partial charge in [0.1, 0.15) is 0 Å².